The van der Waals surface area contributed by atoms with Crippen molar-refractivity contribution in [1.29, 1.82) is 0 Å². The number of anilines is 2. The first-order chi connectivity index (χ1) is 13.5. The first-order valence-electron chi connectivity index (χ1n) is 8.74. The summed E-state index contributed by atoms with van der Waals surface area (Å²) in [4.78, 5) is 31.9. The number of Topliss-reactive ketones (excluding diaryl/α,β-unsaturated/α-hetero) is 1. The smallest absolute Gasteiger partial charge is 0.275 e. The lowest BCUT2D eigenvalue weighted by atomic mass is 10.1. The molecule has 0 aliphatic rings. The average molecular weight is 395 g/mol. The van der Waals surface area contributed by atoms with Crippen LogP contribution in [0.25, 0.3) is 0 Å². The number of ketones is 1. The maximum atomic E-state index is 12.3. The van der Waals surface area contributed by atoms with Gasteiger partial charge in [-0.3, -0.25) is 9.59 Å². The van der Waals surface area contributed by atoms with Crippen LogP contribution in [0.5, 0.6) is 0 Å². The number of nitrogens with zero attached hydrogens (tertiary/aromatic N) is 2. The Morgan fingerprint density at radius 3 is 2.46 bits per heavy atom. The van der Waals surface area contributed by atoms with E-state index < -0.39 is 0 Å². The van der Waals surface area contributed by atoms with Crippen LogP contribution in [0.4, 0.5) is 11.5 Å². The highest BCUT2D eigenvalue weighted by Crippen LogP contribution is 2.13. The minimum atomic E-state index is -0.367. The molecule has 3 aromatic rings. The standard InChI is InChI=1S/C21H19ClN4O2/c1-14(27)16-5-7-18(8-6-16)26-21(28)19-12-25-20(13-24-19)23-10-9-15-3-2-4-17(22)11-15/h2-8,11-13H,9-10H2,1H3,(H,23,25)(H,26,28). The molecule has 6 nitrogen and oxygen atoms in total. The number of benzene rings is 2. The monoisotopic (exact) mass is 394 g/mol. The molecule has 0 aliphatic heterocycles. The van der Waals surface area contributed by atoms with E-state index >= 15 is 0 Å². The molecule has 0 unspecified atom stereocenters. The van der Waals surface area contributed by atoms with Crippen LogP contribution in [0.1, 0.15) is 33.3 Å². The Hall–Kier alpha value is -3.25. The zero-order chi connectivity index (χ0) is 19.9. The van der Waals surface area contributed by atoms with Crippen molar-refractivity contribution in [2.45, 2.75) is 13.3 Å². The van der Waals surface area contributed by atoms with Crippen molar-refractivity contribution in [2.75, 3.05) is 17.2 Å². The van der Waals surface area contributed by atoms with E-state index in [4.69, 9.17) is 11.6 Å². The molecule has 0 spiro atoms. The van der Waals surface area contributed by atoms with Crippen LogP contribution in [-0.2, 0) is 6.42 Å². The fraction of sp³-hybridized carbons (Fsp3) is 0.143. The van der Waals surface area contributed by atoms with Gasteiger partial charge in [0, 0.05) is 22.8 Å². The summed E-state index contributed by atoms with van der Waals surface area (Å²) in [6, 6.07) is 14.4. The number of nitrogens with one attached hydrogen (secondary N) is 2. The largest absolute Gasteiger partial charge is 0.368 e. The molecule has 0 bridgehead atoms. The molecule has 3 rings (SSSR count). The molecule has 1 amide bonds. The molecule has 0 radical (unpaired) electrons. The fourth-order valence-electron chi connectivity index (χ4n) is 2.55. The average Bonchev–Trinajstić information content (AvgIpc) is 2.69. The second-order valence-electron chi connectivity index (χ2n) is 6.18. The molecule has 0 atom stereocenters. The van der Waals surface area contributed by atoms with Gasteiger partial charge in [-0.2, -0.15) is 0 Å². The Balaban J connectivity index is 1.53. The normalized spacial score (nSPS) is 10.4. The lowest BCUT2D eigenvalue weighted by Gasteiger charge is -2.07. The highest BCUT2D eigenvalue weighted by molar-refractivity contribution is 6.30. The van der Waals surface area contributed by atoms with Gasteiger partial charge < -0.3 is 10.6 Å². The van der Waals surface area contributed by atoms with Crippen LogP contribution in [0, 0.1) is 0 Å². The fourth-order valence-corrected chi connectivity index (χ4v) is 2.76. The van der Waals surface area contributed by atoms with E-state index in [1.165, 1.54) is 19.3 Å². The van der Waals surface area contributed by atoms with E-state index in [9.17, 15) is 9.59 Å². The number of rotatable bonds is 7. The van der Waals surface area contributed by atoms with E-state index in [1.54, 1.807) is 24.3 Å². The second kappa shape index (κ2) is 9.10. The first kappa shape index (κ1) is 19.5. The molecule has 0 saturated carbocycles. The number of carbonyl (C=O) groups excluding carboxylic acids is 2. The van der Waals surface area contributed by atoms with Gasteiger partial charge in [-0.1, -0.05) is 23.7 Å². The van der Waals surface area contributed by atoms with Gasteiger partial charge in [-0.25, -0.2) is 9.97 Å². The number of hydrogen-bond donors (Lipinski definition) is 2. The van der Waals surface area contributed by atoms with E-state index in [1.807, 2.05) is 24.3 Å². The summed E-state index contributed by atoms with van der Waals surface area (Å²) in [7, 11) is 0. The second-order valence-corrected chi connectivity index (χ2v) is 6.62. The molecule has 28 heavy (non-hydrogen) atoms. The third kappa shape index (κ3) is 5.37. The number of aromatic nitrogens is 2. The van der Waals surface area contributed by atoms with Gasteiger partial charge in [-0.05, 0) is 55.3 Å². The molecular formula is C21H19ClN4O2. The van der Waals surface area contributed by atoms with E-state index in [-0.39, 0.29) is 17.4 Å². The molecule has 0 aliphatic carbocycles. The molecular weight excluding hydrogens is 376 g/mol. The first-order valence-corrected chi connectivity index (χ1v) is 9.12. The number of hydrogen-bond acceptors (Lipinski definition) is 5. The van der Waals surface area contributed by atoms with Crippen molar-refractivity contribution in [1.82, 2.24) is 9.97 Å². The van der Waals surface area contributed by atoms with Gasteiger partial charge in [0.1, 0.15) is 11.5 Å². The Morgan fingerprint density at radius 1 is 1.04 bits per heavy atom. The number of carbonyl (C=O) groups is 2. The van der Waals surface area contributed by atoms with E-state index in [0.717, 1.165) is 12.0 Å². The van der Waals surface area contributed by atoms with Crippen LogP contribution >= 0.6 is 11.6 Å². The Bertz CT molecular complexity index is 972. The summed E-state index contributed by atoms with van der Waals surface area (Å²) < 4.78 is 0. The van der Waals surface area contributed by atoms with Gasteiger partial charge in [0.2, 0.25) is 0 Å². The molecule has 0 fully saturated rings. The number of halogens is 1. The van der Waals surface area contributed by atoms with Gasteiger partial charge in [0.25, 0.3) is 5.91 Å². The molecule has 7 heteroatoms. The maximum Gasteiger partial charge on any atom is 0.275 e. The molecule has 142 valence electrons. The van der Waals surface area contributed by atoms with Gasteiger partial charge in [0.15, 0.2) is 5.78 Å². The minimum absolute atomic E-state index is 0.0257. The summed E-state index contributed by atoms with van der Waals surface area (Å²) in [5.74, 6) is 0.195. The summed E-state index contributed by atoms with van der Waals surface area (Å²) in [5, 5.41) is 6.60. The van der Waals surface area contributed by atoms with Crippen molar-refractivity contribution in [3.63, 3.8) is 0 Å². The van der Waals surface area contributed by atoms with Crippen molar-refractivity contribution >= 4 is 34.8 Å². The quantitative estimate of drug-likeness (QED) is 0.585. The van der Waals surface area contributed by atoms with Crippen LogP contribution in [0.2, 0.25) is 5.02 Å². The van der Waals surface area contributed by atoms with Crippen molar-refractivity contribution in [3.05, 3.63) is 82.8 Å². The SMILES string of the molecule is CC(=O)c1ccc(NC(=O)c2cnc(NCCc3cccc(Cl)c3)cn2)cc1. The third-order valence-corrected chi connectivity index (χ3v) is 4.28. The van der Waals surface area contributed by atoms with Crippen LogP contribution in [0.3, 0.4) is 0 Å². The predicted molar refractivity (Wildman–Crippen MR) is 110 cm³/mol. The maximum absolute atomic E-state index is 12.3. The molecule has 1 aromatic heterocycles. The predicted octanol–water partition coefficient (Wildman–Crippen LogP) is 4.24. The van der Waals surface area contributed by atoms with Gasteiger partial charge in [0.05, 0.1) is 12.4 Å². The zero-order valence-corrected chi connectivity index (χ0v) is 16.0. The van der Waals surface area contributed by atoms with Crippen molar-refractivity contribution in [3.8, 4) is 0 Å². The van der Waals surface area contributed by atoms with Crippen molar-refractivity contribution < 1.29 is 9.59 Å². The summed E-state index contributed by atoms with van der Waals surface area (Å²) >= 11 is 5.97. The third-order valence-electron chi connectivity index (χ3n) is 4.04. The lowest BCUT2D eigenvalue weighted by Crippen LogP contribution is -2.15. The summed E-state index contributed by atoms with van der Waals surface area (Å²) in [6.07, 6.45) is 3.73. The summed E-state index contributed by atoms with van der Waals surface area (Å²) in [6.45, 7) is 2.16. The molecule has 0 saturated heterocycles. The Labute approximate surface area is 168 Å². The summed E-state index contributed by atoms with van der Waals surface area (Å²) in [5.41, 5.74) is 2.50. The Kier molecular flexibility index (Phi) is 6.34. The lowest BCUT2D eigenvalue weighted by molar-refractivity contribution is 0.101. The van der Waals surface area contributed by atoms with Gasteiger partial charge >= 0.3 is 0 Å². The highest BCUT2D eigenvalue weighted by Gasteiger charge is 2.09. The molecule has 2 N–H and O–H groups in total. The highest BCUT2D eigenvalue weighted by atomic mass is 35.5. The van der Waals surface area contributed by atoms with E-state index in [0.29, 0.717) is 28.6 Å². The topological polar surface area (TPSA) is 84.0 Å². The minimum Gasteiger partial charge on any atom is -0.368 e. The number of amides is 1. The molecule has 2 aromatic carbocycles. The Morgan fingerprint density at radius 2 is 1.82 bits per heavy atom. The zero-order valence-electron chi connectivity index (χ0n) is 15.3. The van der Waals surface area contributed by atoms with E-state index in [2.05, 4.69) is 20.6 Å². The van der Waals surface area contributed by atoms with Crippen molar-refractivity contribution in [2.24, 2.45) is 0 Å². The van der Waals surface area contributed by atoms with Crippen LogP contribution < -0.4 is 10.6 Å². The molecule has 1 heterocycles. The van der Waals surface area contributed by atoms with Gasteiger partial charge in [-0.15, -0.1) is 0 Å². The van der Waals surface area contributed by atoms with Crippen LogP contribution in [0.15, 0.2) is 60.9 Å². The van der Waals surface area contributed by atoms with Crippen LogP contribution in [-0.4, -0.2) is 28.2 Å².